The minimum absolute atomic E-state index is 0.318. The van der Waals surface area contributed by atoms with E-state index in [-0.39, 0.29) is 5.82 Å². The van der Waals surface area contributed by atoms with Crippen LogP contribution in [-0.2, 0) is 0 Å². The van der Waals surface area contributed by atoms with Gasteiger partial charge in [0.1, 0.15) is 11.6 Å². The largest absolute Gasteiger partial charge is 0.496 e. The molecule has 2 nitrogen and oxygen atoms in total. The Kier molecular flexibility index (Phi) is 3.50. The lowest BCUT2D eigenvalue weighted by atomic mass is 10.2. The van der Waals surface area contributed by atoms with Crippen molar-refractivity contribution in [1.82, 2.24) is 0 Å². The maximum Gasteiger partial charge on any atom is 0.148 e. The van der Waals surface area contributed by atoms with Crippen molar-refractivity contribution < 1.29 is 9.13 Å². The van der Waals surface area contributed by atoms with Gasteiger partial charge < -0.3 is 4.74 Å². The third-order valence-electron chi connectivity index (χ3n) is 2.33. The lowest BCUT2D eigenvalue weighted by Crippen LogP contribution is -1.89. The Morgan fingerprint density at radius 3 is 2.53 bits per heavy atom. The van der Waals surface area contributed by atoms with E-state index in [1.807, 2.05) is 24.3 Å². The summed E-state index contributed by atoms with van der Waals surface area (Å²) in [6.45, 7) is 0. The first-order chi connectivity index (χ1) is 8.31. The molecule has 17 heavy (non-hydrogen) atoms. The molecule has 86 valence electrons. The highest BCUT2D eigenvalue weighted by Gasteiger charge is 1.99. The predicted molar refractivity (Wildman–Crippen MR) is 66.6 cm³/mol. The summed E-state index contributed by atoms with van der Waals surface area (Å²) in [6, 6.07) is 13.8. The number of aliphatic imine (C=N–C) groups is 1. The Balaban J connectivity index is 2.29. The molecule has 0 N–H and O–H groups in total. The molecule has 0 aromatic heterocycles. The SMILES string of the molecule is COc1ccccc1C=Nc1ccccc1F. The number of para-hydroxylation sites is 2. The molecule has 0 saturated carbocycles. The summed E-state index contributed by atoms with van der Waals surface area (Å²) in [4.78, 5) is 4.10. The van der Waals surface area contributed by atoms with Crippen LogP contribution in [0.25, 0.3) is 0 Å². The molecule has 0 atom stereocenters. The molecule has 2 aromatic rings. The van der Waals surface area contributed by atoms with Gasteiger partial charge in [-0.2, -0.15) is 0 Å². The van der Waals surface area contributed by atoms with Crippen LogP contribution in [-0.4, -0.2) is 13.3 Å². The molecule has 2 rings (SSSR count). The zero-order valence-electron chi connectivity index (χ0n) is 9.43. The van der Waals surface area contributed by atoms with Crippen LogP contribution in [0.2, 0.25) is 0 Å². The lowest BCUT2D eigenvalue weighted by molar-refractivity contribution is 0.414. The van der Waals surface area contributed by atoms with Gasteiger partial charge >= 0.3 is 0 Å². The Labute approximate surface area is 99.4 Å². The number of nitrogens with zero attached hydrogens (tertiary/aromatic N) is 1. The molecule has 0 aliphatic heterocycles. The smallest absolute Gasteiger partial charge is 0.148 e. The van der Waals surface area contributed by atoms with Crippen molar-refractivity contribution in [3.63, 3.8) is 0 Å². The second kappa shape index (κ2) is 5.25. The van der Waals surface area contributed by atoms with Gasteiger partial charge in [0, 0.05) is 11.8 Å². The Morgan fingerprint density at radius 2 is 1.76 bits per heavy atom. The molecule has 0 heterocycles. The first-order valence-electron chi connectivity index (χ1n) is 5.23. The van der Waals surface area contributed by atoms with Crippen LogP contribution >= 0.6 is 0 Å². The standard InChI is InChI=1S/C14H12FNO/c1-17-14-9-5-2-6-11(14)10-16-13-8-4-3-7-12(13)15/h2-10H,1H3. The van der Waals surface area contributed by atoms with Crippen LogP contribution in [0.5, 0.6) is 5.75 Å². The zero-order valence-corrected chi connectivity index (χ0v) is 9.43. The molecular weight excluding hydrogens is 217 g/mol. The van der Waals surface area contributed by atoms with E-state index in [9.17, 15) is 4.39 Å². The van der Waals surface area contributed by atoms with E-state index in [0.29, 0.717) is 11.4 Å². The normalized spacial score (nSPS) is 10.7. The Hall–Kier alpha value is -2.16. The van der Waals surface area contributed by atoms with Gasteiger partial charge in [-0.15, -0.1) is 0 Å². The van der Waals surface area contributed by atoms with Crippen LogP contribution in [0.3, 0.4) is 0 Å². The van der Waals surface area contributed by atoms with Gasteiger partial charge in [0.25, 0.3) is 0 Å². The number of methoxy groups -OCH3 is 1. The average Bonchev–Trinajstić information content (AvgIpc) is 2.38. The quantitative estimate of drug-likeness (QED) is 0.737. The van der Waals surface area contributed by atoms with E-state index in [0.717, 1.165) is 5.56 Å². The van der Waals surface area contributed by atoms with E-state index < -0.39 is 0 Å². The topological polar surface area (TPSA) is 21.6 Å². The van der Waals surface area contributed by atoms with Gasteiger partial charge in [-0.1, -0.05) is 24.3 Å². The van der Waals surface area contributed by atoms with Crippen molar-refractivity contribution in [2.45, 2.75) is 0 Å². The van der Waals surface area contributed by atoms with Gasteiger partial charge in [-0.3, -0.25) is 4.99 Å². The second-order valence-corrected chi connectivity index (χ2v) is 3.45. The summed E-state index contributed by atoms with van der Waals surface area (Å²) in [6.07, 6.45) is 1.59. The molecule has 0 saturated heterocycles. The number of hydrogen-bond acceptors (Lipinski definition) is 2. The van der Waals surface area contributed by atoms with Crippen LogP contribution in [0, 0.1) is 5.82 Å². The molecule has 0 amide bonds. The molecule has 0 spiro atoms. The summed E-state index contributed by atoms with van der Waals surface area (Å²) in [5, 5.41) is 0. The first-order valence-corrected chi connectivity index (χ1v) is 5.23. The summed E-state index contributed by atoms with van der Waals surface area (Å²) >= 11 is 0. The molecular formula is C14H12FNO. The van der Waals surface area contributed by atoms with Crippen LogP contribution in [0.4, 0.5) is 10.1 Å². The van der Waals surface area contributed by atoms with Crippen molar-refractivity contribution in [2.24, 2.45) is 4.99 Å². The highest BCUT2D eigenvalue weighted by Crippen LogP contribution is 2.19. The lowest BCUT2D eigenvalue weighted by Gasteiger charge is -2.02. The van der Waals surface area contributed by atoms with Crippen molar-refractivity contribution >= 4 is 11.9 Å². The van der Waals surface area contributed by atoms with E-state index in [2.05, 4.69) is 4.99 Å². The minimum Gasteiger partial charge on any atom is -0.496 e. The number of hydrogen-bond donors (Lipinski definition) is 0. The summed E-state index contributed by atoms with van der Waals surface area (Å²) in [5.74, 6) is 0.381. The molecule has 0 aliphatic carbocycles. The first kappa shape index (κ1) is 11.3. The van der Waals surface area contributed by atoms with Gasteiger partial charge in [0.2, 0.25) is 0 Å². The second-order valence-electron chi connectivity index (χ2n) is 3.45. The van der Waals surface area contributed by atoms with Crippen LogP contribution < -0.4 is 4.74 Å². The molecule has 0 fully saturated rings. The number of halogens is 1. The van der Waals surface area contributed by atoms with E-state index in [1.54, 1.807) is 31.5 Å². The third-order valence-corrected chi connectivity index (χ3v) is 2.33. The highest BCUT2D eigenvalue weighted by atomic mass is 19.1. The third kappa shape index (κ3) is 2.69. The summed E-state index contributed by atoms with van der Waals surface area (Å²) in [5.41, 5.74) is 1.14. The molecule has 0 aliphatic rings. The number of rotatable bonds is 3. The van der Waals surface area contributed by atoms with Gasteiger partial charge in [0.05, 0.1) is 12.8 Å². The van der Waals surface area contributed by atoms with E-state index in [1.165, 1.54) is 6.07 Å². The van der Waals surface area contributed by atoms with Gasteiger partial charge in [-0.05, 0) is 24.3 Å². The molecule has 0 radical (unpaired) electrons. The zero-order chi connectivity index (χ0) is 12.1. The van der Waals surface area contributed by atoms with E-state index in [4.69, 9.17) is 4.74 Å². The van der Waals surface area contributed by atoms with Crippen molar-refractivity contribution in [3.8, 4) is 5.75 Å². The monoisotopic (exact) mass is 229 g/mol. The fourth-order valence-electron chi connectivity index (χ4n) is 1.47. The fraction of sp³-hybridized carbons (Fsp3) is 0.0714. The van der Waals surface area contributed by atoms with E-state index >= 15 is 0 Å². The molecule has 2 aromatic carbocycles. The van der Waals surface area contributed by atoms with Gasteiger partial charge in [-0.25, -0.2) is 4.39 Å². The molecule has 3 heteroatoms. The van der Waals surface area contributed by atoms with Crippen molar-refractivity contribution in [2.75, 3.05) is 7.11 Å². The minimum atomic E-state index is -0.335. The number of benzene rings is 2. The van der Waals surface area contributed by atoms with Crippen LogP contribution in [0.1, 0.15) is 5.56 Å². The van der Waals surface area contributed by atoms with Crippen molar-refractivity contribution in [1.29, 1.82) is 0 Å². The van der Waals surface area contributed by atoms with Gasteiger partial charge in [0.15, 0.2) is 0 Å². The predicted octanol–water partition coefficient (Wildman–Crippen LogP) is 3.58. The Bertz CT molecular complexity index is 537. The highest BCUT2D eigenvalue weighted by molar-refractivity contribution is 5.85. The molecule has 0 unspecified atom stereocenters. The molecule has 0 bridgehead atoms. The van der Waals surface area contributed by atoms with Crippen molar-refractivity contribution in [3.05, 3.63) is 59.9 Å². The average molecular weight is 229 g/mol. The fourth-order valence-corrected chi connectivity index (χ4v) is 1.47. The number of ether oxygens (including phenoxy) is 1. The maximum absolute atomic E-state index is 13.3. The summed E-state index contributed by atoms with van der Waals surface area (Å²) in [7, 11) is 1.59. The van der Waals surface area contributed by atoms with Crippen LogP contribution in [0.15, 0.2) is 53.5 Å². The summed E-state index contributed by atoms with van der Waals surface area (Å²) < 4.78 is 18.5. The maximum atomic E-state index is 13.3. The Morgan fingerprint density at radius 1 is 1.06 bits per heavy atom.